The van der Waals surface area contributed by atoms with Crippen LogP contribution in [0.5, 0.6) is 11.5 Å². The minimum absolute atomic E-state index is 0.0768. The Morgan fingerprint density at radius 3 is 2.59 bits per heavy atom. The summed E-state index contributed by atoms with van der Waals surface area (Å²) >= 11 is 0. The zero-order valence-corrected chi connectivity index (χ0v) is 22.3. The lowest BCUT2D eigenvalue weighted by atomic mass is 10.0. The molecule has 39 heavy (non-hydrogen) atoms. The van der Waals surface area contributed by atoms with Crippen molar-refractivity contribution in [2.45, 2.75) is 31.8 Å². The maximum Gasteiger partial charge on any atom is 0.411 e. The second kappa shape index (κ2) is 12.8. The van der Waals surface area contributed by atoms with Gasteiger partial charge in [-0.1, -0.05) is 30.3 Å². The van der Waals surface area contributed by atoms with Crippen LogP contribution in [-0.4, -0.2) is 62.3 Å². The molecule has 1 heterocycles. The van der Waals surface area contributed by atoms with Gasteiger partial charge in [-0.3, -0.25) is 14.9 Å². The van der Waals surface area contributed by atoms with Crippen LogP contribution in [0.25, 0.3) is 11.1 Å². The third-order valence-electron chi connectivity index (χ3n) is 6.50. The van der Waals surface area contributed by atoms with Gasteiger partial charge < -0.3 is 24.4 Å². The number of hydrogen-bond acceptors (Lipinski definition) is 6. The fraction of sp³-hybridized carbons (Fsp3) is 0.300. The summed E-state index contributed by atoms with van der Waals surface area (Å²) in [6.07, 6.45) is -0.192. The Labute approximate surface area is 228 Å². The van der Waals surface area contributed by atoms with Crippen LogP contribution in [0, 0.1) is 0 Å². The van der Waals surface area contributed by atoms with E-state index in [-0.39, 0.29) is 37.5 Å². The standard InChI is InChI=1S/C30H33N3O6/c1-20-18-38-27-14-13-25(37-3)17-26(27)21-8-7-9-22(16-21)29(35)33(2)24(12-15-28(34)31-20)19-39-30(36)32-23-10-5-4-6-11-23/h4-11,13-14,16-17,20,24H,12,15,18-19H2,1-3H3,(H,31,34)(H,32,36)/t20-,24+/m1/s1. The second-order valence-corrected chi connectivity index (χ2v) is 9.42. The third-order valence-corrected chi connectivity index (χ3v) is 6.50. The van der Waals surface area contributed by atoms with Crippen molar-refractivity contribution in [3.8, 4) is 22.6 Å². The van der Waals surface area contributed by atoms with Crippen LogP contribution in [0.15, 0.2) is 72.8 Å². The van der Waals surface area contributed by atoms with Crippen molar-refractivity contribution in [1.82, 2.24) is 10.2 Å². The maximum absolute atomic E-state index is 13.6. The van der Waals surface area contributed by atoms with E-state index in [1.165, 1.54) is 4.90 Å². The van der Waals surface area contributed by atoms with E-state index in [1.807, 2.05) is 37.3 Å². The quantitative estimate of drug-likeness (QED) is 0.504. The number of ether oxygens (including phenoxy) is 3. The molecular weight excluding hydrogens is 498 g/mol. The molecule has 0 saturated carbocycles. The normalized spacial score (nSPS) is 18.0. The van der Waals surface area contributed by atoms with Gasteiger partial charge in [-0.05, 0) is 61.4 Å². The molecule has 0 unspecified atom stereocenters. The highest BCUT2D eigenvalue weighted by Gasteiger charge is 2.25. The van der Waals surface area contributed by atoms with Gasteiger partial charge in [0.25, 0.3) is 5.91 Å². The van der Waals surface area contributed by atoms with Gasteiger partial charge in [0.15, 0.2) is 0 Å². The van der Waals surface area contributed by atoms with Crippen LogP contribution in [0.1, 0.15) is 30.1 Å². The molecule has 3 aromatic rings. The van der Waals surface area contributed by atoms with E-state index in [0.29, 0.717) is 29.2 Å². The van der Waals surface area contributed by atoms with Crippen molar-refractivity contribution < 1.29 is 28.6 Å². The first-order valence-electron chi connectivity index (χ1n) is 12.8. The third kappa shape index (κ3) is 7.28. The fourth-order valence-electron chi connectivity index (χ4n) is 4.31. The molecule has 0 aromatic heterocycles. The molecule has 4 rings (SSSR count). The number of amides is 3. The van der Waals surface area contributed by atoms with Crippen molar-refractivity contribution >= 4 is 23.6 Å². The van der Waals surface area contributed by atoms with Gasteiger partial charge in [-0.25, -0.2) is 4.79 Å². The summed E-state index contributed by atoms with van der Waals surface area (Å²) in [4.78, 5) is 40.2. The molecule has 0 saturated heterocycles. The number of fused-ring (bicyclic) bond motifs is 4. The molecule has 1 aliphatic heterocycles. The molecule has 9 nitrogen and oxygen atoms in total. The lowest BCUT2D eigenvalue weighted by Crippen LogP contribution is -2.42. The number of para-hydroxylation sites is 1. The number of carbonyl (C=O) groups excluding carboxylic acids is 3. The summed E-state index contributed by atoms with van der Waals surface area (Å²) in [6, 6.07) is 20.9. The molecule has 0 radical (unpaired) electrons. The first-order valence-corrected chi connectivity index (χ1v) is 12.8. The van der Waals surface area contributed by atoms with Crippen molar-refractivity contribution in [1.29, 1.82) is 0 Å². The molecule has 0 spiro atoms. The number of nitrogens with zero attached hydrogens (tertiary/aromatic N) is 1. The van der Waals surface area contributed by atoms with E-state index in [4.69, 9.17) is 14.2 Å². The molecule has 1 aliphatic rings. The van der Waals surface area contributed by atoms with Crippen LogP contribution in [0.3, 0.4) is 0 Å². The summed E-state index contributed by atoms with van der Waals surface area (Å²) in [6.45, 7) is 2.05. The van der Waals surface area contributed by atoms with E-state index in [2.05, 4.69) is 10.6 Å². The Balaban J connectivity index is 1.60. The number of nitrogens with one attached hydrogen (secondary N) is 2. The summed E-state index contributed by atoms with van der Waals surface area (Å²) in [7, 11) is 3.24. The predicted octanol–water partition coefficient (Wildman–Crippen LogP) is 4.73. The summed E-state index contributed by atoms with van der Waals surface area (Å²) in [5.74, 6) is 0.816. The Hall–Kier alpha value is -4.53. The molecule has 2 atom stereocenters. The van der Waals surface area contributed by atoms with Gasteiger partial charge in [0, 0.05) is 30.3 Å². The summed E-state index contributed by atoms with van der Waals surface area (Å²) < 4.78 is 17.0. The van der Waals surface area contributed by atoms with Gasteiger partial charge >= 0.3 is 6.09 Å². The van der Waals surface area contributed by atoms with E-state index < -0.39 is 12.1 Å². The van der Waals surface area contributed by atoms with Crippen LogP contribution in [0.4, 0.5) is 10.5 Å². The number of anilines is 1. The Morgan fingerprint density at radius 1 is 1.05 bits per heavy atom. The smallest absolute Gasteiger partial charge is 0.411 e. The molecule has 2 N–H and O–H groups in total. The van der Waals surface area contributed by atoms with E-state index in [9.17, 15) is 14.4 Å². The largest absolute Gasteiger partial charge is 0.497 e. The van der Waals surface area contributed by atoms with Gasteiger partial charge in [0.2, 0.25) is 5.91 Å². The van der Waals surface area contributed by atoms with Gasteiger partial charge in [-0.15, -0.1) is 0 Å². The average molecular weight is 532 g/mol. The molecular formula is C30H33N3O6. The first kappa shape index (κ1) is 27.5. The average Bonchev–Trinajstić information content (AvgIpc) is 2.95. The Morgan fingerprint density at radius 2 is 1.82 bits per heavy atom. The maximum atomic E-state index is 13.6. The van der Waals surface area contributed by atoms with Crippen LogP contribution >= 0.6 is 0 Å². The molecule has 2 bridgehead atoms. The highest BCUT2D eigenvalue weighted by atomic mass is 16.5. The number of rotatable bonds is 4. The number of benzene rings is 3. The zero-order chi connectivity index (χ0) is 27.8. The molecule has 204 valence electrons. The van der Waals surface area contributed by atoms with E-state index in [1.54, 1.807) is 56.6 Å². The fourth-order valence-corrected chi connectivity index (χ4v) is 4.31. The van der Waals surface area contributed by atoms with Gasteiger partial charge in [-0.2, -0.15) is 0 Å². The van der Waals surface area contributed by atoms with Crippen LogP contribution < -0.4 is 20.1 Å². The van der Waals surface area contributed by atoms with Crippen molar-refractivity contribution in [3.63, 3.8) is 0 Å². The van der Waals surface area contributed by atoms with E-state index in [0.717, 1.165) is 11.1 Å². The first-order chi connectivity index (χ1) is 18.8. The van der Waals surface area contributed by atoms with E-state index >= 15 is 0 Å². The second-order valence-electron chi connectivity index (χ2n) is 9.42. The SMILES string of the molecule is COc1ccc2c(c1)-c1cccc(c1)C(=O)N(C)[C@H](COC(=O)Nc1ccccc1)CCC(=O)N[C@H](C)CO2. The predicted molar refractivity (Wildman–Crippen MR) is 148 cm³/mol. The highest BCUT2D eigenvalue weighted by Crippen LogP contribution is 2.34. The lowest BCUT2D eigenvalue weighted by Gasteiger charge is -2.28. The molecule has 0 aliphatic carbocycles. The number of hydrogen-bond donors (Lipinski definition) is 2. The van der Waals surface area contributed by atoms with Crippen LogP contribution in [0.2, 0.25) is 0 Å². The molecule has 9 heteroatoms. The van der Waals surface area contributed by atoms with Crippen molar-refractivity contribution in [3.05, 3.63) is 78.4 Å². The Kier molecular flexibility index (Phi) is 9.04. The Bertz CT molecular complexity index is 1310. The van der Waals surface area contributed by atoms with Crippen molar-refractivity contribution in [2.75, 3.05) is 32.7 Å². The zero-order valence-electron chi connectivity index (χ0n) is 22.3. The topological polar surface area (TPSA) is 106 Å². The number of methoxy groups -OCH3 is 1. The van der Waals surface area contributed by atoms with Crippen LogP contribution in [-0.2, 0) is 9.53 Å². The van der Waals surface area contributed by atoms with Gasteiger partial charge in [0.1, 0.15) is 24.7 Å². The summed E-state index contributed by atoms with van der Waals surface area (Å²) in [5.41, 5.74) is 2.59. The molecule has 3 amide bonds. The summed E-state index contributed by atoms with van der Waals surface area (Å²) in [5, 5.41) is 5.61. The number of likely N-dealkylation sites (N-methyl/N-ethyl adjacent to an activating group) is 1. The lowest BCUT2D eigenvalue weighted by molar-refractivity contribution is -0.122. The van der Waals surface area contributed by atoms with Gasteiger partial charge in [0.05, 0.1) is 19.2 Å². The minimum Gasteiger partial charge on any atom is -0.497 e. The van der Waals surface area contributed by atoms with Crippen molar-refractivity contribution in [2.24, 2.45) is 0 Å². The monoisotopic (exact) mass is 531 g/mol. The highest BCUT2D eigenvalue weighted by molar-refractivity contribution is 5.96. The minimum atomic E-state index is -0.638. The molecule has 0 fully saturated rings. The molecule has 3 aromatic carbocycles. The number of carbonyl (C=O) groups is 3.